The molecule has 19 heavy (non-hydrogen) atoms. The Morgan fingerprint density at radius 3 is 2.26 bits per heavy atom. The molecule has 3 nitrogen and oxygen atoms in total. The molecule has 0 aliphatic carbocycles. The predicted octanol–water partition coefficient (Wildman–Crippen LogP) is 2.98. The summed E-state index contributed by atoms with van der Waals surface area (Å²) < 4.78 is 0. The average molecular weight is 271 g/mol. The maximum atomic E-state index is 12.1. The van der Waals surface area contributed by atoms with Crippen LogP contribution in [0, 0.1) is 0 Å². The van der Waals surface area contributed by atoms with Crippen LogP contribution in [0.15, 0.2) is 59.5 Å². The van der Waals surface area contributed by atoms with Gasteiger partial charge in [0.25, 0.3) is 5.91 Å². The largest absolute Gasteiger partial charge is 0.355 e. The van der Waals surface area contributed by atoms with Crippen LogP contribution in [0.1, 0.15) is 20.7 Å². The van der Waals surface area contributed by atoms with Crippen molar-refractivity contribution in [2.45, 2.75) is 4.90 Å². The third-order valence-electron chi connectivity index (χ3n) is 2.57. The summed E-state index contributed by atoms with van der Waals surface area (Å²) >= 11 is 1.07. The van der Waals surface area contributed by atoms with Gasteiger partial charge in [0.2, 0.25) is 5.12 Å². The van der Waals surface area contributed by atoms with E-state index in [9.17, 15) is 9.59 Å². The number of hydrogen-bond acceptors (Lipinski definition) is 3. The highest BCUT2D eigenvalue weighted by Gasteiger charge is 2.14. The van der Waals surface area contributed by atoms with Crippen molar-refractivity contribution in [2.75, 3.05) is 7.05 Å². The highest BCUT2D eigenvalue weighted by molar-refractivity contribution is 8.14. The minimum atomic E-state index is -0.191. The van der Waals surface area contributed by atoms with Crippen LogP contribution in [0.25, 0.3) is 0 Å². The quantitative estimate of drug-likeness (QED) is 0.873. The van der Waals surface area contributed by atoms with Crippen LogP contribution in [0.5, 0.6) is 0 Å². The fourth-order valence-electron chi connectivity index (χ4n) is 1.61. The number of hydrogen-bond donors (Lipinski definition) is 1. The van der Waals surface area contributed by atoms with Crippen LogP contribution in [0.2, 0.25) is 0 Å². The first kappa shape index (κ1) is 13.4. The van der Waals surface area contributed by atoms with Crippen molar-refractivity contribution in [3.8, 4) is 0 Å². The standard InChI is InChI=1S/C15H13NO2S/c1-16-14(17)12-9-5-6-10-13(12)19-15(18)11-7-3-2-4-8-11/h2-10H,1H3,(H,16,17). The van der Waals surface area contributed by atoms with Gasteiger partial charge in [0.15, 0.2) is 0 Å². The maximum Gasteiger partial charge on any atom is 0.252 e. The van der Waals surface area contributed by atoms with E-state index in [1.807, 2.05) is 24.3 Å². The Bertz CT molecular complexity index is 596. The monoisotopic (exact) mass is 271 g/mol. The number of rotatable bonds is 3. The first-order chi connectivity index (χ1) is 9.22. The van der Waals surface area contributed by atoms with Crippen LogP contribution in [-0.4, -0.2) is 18.1 Å². The lowest BCUT2D eigenvalue weighted by Crippen LogP contribution is -2.18. The number of benzene rings is 2. The Hall–Kier alpha value is -2.07. The zero-order valence-electron chi connectivity index (χ0n) is 10.4. The molecule has 2 rings (SSSR count). The Morgan fingerprint density at radius 2 is 1.58 bits per heavy atom. The molecule has 0 spiro atoms. The van der Waals surface area contributed by atoms with Crippen LogP contribution in [-0.2, 0) is 0 Å². The lowest BCUT2D eigenvalue weighted by Gasteiger charge is -2.06. The van der Waals surface area contributed by atoms with Crippen LogP contribution >= 0.6 is 11.8 Å². The van der Waals surface area contributed by atoms with Gasteiger partial charge < -0.3 is 5.32 Å². The van der Waals surface area contributed by atoms with Gasteiger partial charge in [-0.2, -0.15) is 0 Å². The van der Waals surface area contributed by atoms with Gasteiger partial charge in [-0.1, -0.05) is 42.5 Å². The fourth-order valence-corrected chi connectivity index (χ4v) is 2.48. The first-order valence-electron chi connectivity index (χ1n) is 5.80. The third kappa shape index (κ3) is 3.23. The summed E-state index contributed by atoms with van der Waals surface area (Å²) in [5.74, 6) is -0.191. The predicted molar refractivity (Wildman–Crippen MR) is 76.5 cm³/mol. The van der Waals surface area contributed by atoms with Gasteiger partial charge in [-0.25, -0.2) is 0 Å². The summed E-state index contributed by atoms with van der Waals surface area (Å²) in [6.45, 7) is 0. The van der Waals surface area contributed by atoms with E-state index in [1.165, 1.54) is 0 Å². The van der Waals surface area contributed by atoms with Crippen LogP contribution in [0.3, 0.4) is 0 Å². The number of carbonyl (C=O) groups excluding carboxylic acids is 2. The molecule has 0 atom stereocenters. The maximum absolute atomic E-state index is 12.1. The van der Waals surface area contributed by atoms with Gasteiger partial charge in [-0.05, 0) is 23.9 Å². The normalized spacial score (nSPS) is 9.95. The zero-order chi connectivity index (χ0) is 13.7. The van der Waals surface area contributed by atoms with Crippen molar-refractivity contribution in [3.63, 3.8) is 0 Å². The fraction of sp³-hybridized carbons (Fsp3) is 0.0667. The van der Waals surface area contributed by atoms with Gasteiger partial charge in [0.05, 0.1) is 5.56 Å². The SMILES string of the molecule is CNC(=O)c1ccccc1SC(=O)c1ccccc1. The Kier molecular flexibility index (Phi) is 4.36. The number of thioether (sulfide) groups is 1. The van der Waals surface area contributed by atoms with Crippen molar-refractivity contribution in [3.05, 3.63) is 65.7 Å². The van der Waals surface area contributed by atoms with E-state index >= 15 is 0 Å². The summed E-state index contributed by atoms with van der Waals surface area (Å²) in [6.07, 6.45) is 0. The molecule has 0 aromatic heterocycles. The van der Waals surface area contributed by atoms with E-state index in [1.54, 1.807) is 37.4 Å². The molecule has 1 N–H and O–H groups in total. The van der Waals surface area contributed by atoms with E-state index in [2.05, 4.69) is 5.32 Å². The number of amides is 1. The molecule has 0 saturated heterocycles. The molecule has 2 aromatic carbocycles. The number of carbonyl (C=O) groups is 2. The van der Waals surface area contributed by atoms with Crippen molar-refractivity contribution in [1.29, 1.82) is 0 Å². The molecule has 0 radical (unpaired) electrons. The van der Waals surface area contributed by atoms with Crippen molar-refractivity contribution >= 4 is 22.8 Å². The summed E-state index contributed by atoms with van der Waals surface area (Å²) in [5.41, 5.74) is 1.14. The van der Waals surface area contributed by atoms with Crippen molar-refractivity contribution < 1.29 is 9.59 Å². The third-order valence-corrected chi connectivity index (χ3v) is 3.57. The molecule has 4 heteroatoms. The Morgan fingerprint density at radius 1 is 0.947 bits per heavy atom. The summed E-state index contributed by atoms with van der Waals surface area (Å²) in [5, 5.41) is 2.50. The van der Waals surface area contributed by atoms with Gasteiger partial charge in [-0.3, -0.25) is 9.59 Å². The minimum Gasteiger partial charge on any atom is -0.355 e. The second-order valence-electron chi connectivity index (χ2n) is 3.83. The molecule has 0 bridgehead atoms. The van der Waals surface area contributed by atoms with E-state index in [-0.39, 0.29) is 11.0 Å². The van der Waals surface area contributed by atoms with Crippen molar-refractivity contribution in [1.82, 2.24) is 5.32 Å². The van der Waals surface area contributed by atoms with E-state index in [0.29, 0.717) is 16.0 Å². The molecule has 0 aliphatic heterocycles. The Labute approximate surface area is 116 Å². The van der Waals surface area contributed by atoms with Gasteiger partial charge >= 0.3 is 0 Å². The summed E-state index contributed by atoms with van der Waals surface area (Å²) in [7, 11) is 1.57. The molecule has 0 heterocycles. The summed E-state index contributed by atoms with van der Waals surface area (Å²) in [6, 6.07) is 16.1. The molecule has 0 fully saturated rings. The molecular weight excluding hydrogens is 258 g/mol. The van der Waals surface area contributed by atoms with Gasteiger partial charge in [0.1, 0.15) is 0 Å². The highest BCUT2D eigenvalue weighted by Crippen LogP contribution is 2.26. The van der Waals surface area contributed by atoms with Gasteiger partial charge in [0, 0.05) is 17.5 Å². The highest BCUT2D eigenvalue weighted by atomic mass is 32.2. The first-order valence-corrected chi connectivity index (χ1v) is 6.62. The molecule has 0 saturated carbocycles. The number of nitrogens with one attached hydrogen (secondary N) is 1. The average Bonchev–Trinajstić information content (AvgIpc) is 2.48. The smallest absolute Gasteiger partial charge is 0.252 e. The van der Waals surface area contributed by atoms with Crippen LogP contribution < -0.4 is 5.32 Å². The second kappa shape index (κ2) is 6.20. The van der Waals surface area contributed by atoms with E-state index in [4.69, 9.17) is 0 Å². The molecule has 0 aliphatic rings. The van der Waals surface area contributed by atoms with Crippen molar-refractivity contribution in [2.24, 2.45) is 0 Å². The topological polar surface area (TPSA) is 46.2 Å². The zero-order valence-corrected chi connectivity index (χ0v) is 11.2. The lowest BCUT2D eigenvalue weighted by atomic mass is 10.2. The molecule has 0 unspecified atom stereocenters. The molecule has 1 amide bonds. The lowest BCUT2D eigenvalue weighted by molar-refractivity contribution is 0.0960. The second-order valence-corrected chi connectivity index (χ2v) is 4.85. The van der Waals surface area contributed by atoms with E-state index in [0.717, 1.165) is 11.8 Å². The Balaban J connectivity index is 2.25. The molecule has 96 valence electrons. The molecule has 2 aromatic rings. The summed E-state index contributed by atoms with van der Waals surface area (Å²) in [4.78, 5) is 24.5. The molecular formula is C15H13NO2S. The van der Waals surface area contributed by atoms with Crippen LogP contribution in [0.4, 0.5) is 0 Å². The van der Waals surface area contributed by atoms with E-state index < -0.39 is 0 Å². The van der Waals surface area contributed by atoms with Gasteiger partial charge in [-0.15, -0.1) is 0 Å². The minimum absolute atomic E-state index is 0.0723.